The summed E-state index contributed by atoms with van der Waals surface area (Å²) in [5.41, 5.74) is 0. The minimum absolute atomic E-state index is 0.180. The van der Waals surface area contributed by atoms with E-state index in [2.05, 4.69) is 51.9 Å². The van der Waals surface area contributed by atoms with Crippen molar-refractivity contribution >= 4 is 8.32 Å². The maximum atomic E-state index is 6.30. The summed E-state index contributed by atoms with van der Waals surface area (Å²) in [5, 5.41) is 0.259. The molecule has 84 valence electrons. The summed E-state index contributed by atoms with van der Waals surface area (Å²) >= 11 is 0. The van der Waals surface area contributed by atoms with Crippen molar-refractivity contribution in [3.63, 3.8) is 0 Å². The summed E-state index contributed by atoms with van der Waals surface area (Å²) in [6, 6.07) is 0. The lowest BCUT2D eigenvalue weighted by atomic mass is 10.1. The third kappa shape index (κ3) is 2.73. The molecule has 1 rings (SSSR count). The smallest absolute Gasteiger partial charge is 0.192 e. The SMILES string of the molecule is C#C[C@@H]1C=CC[C@H]1O[Si](C)(C)C(C)(C)C. The van der Waals surface area contributed by atoms with E-state index >= 15 is 0 Å². The van der Waals surface area contributed by atoms with E-state index in [1.54, 1.807) is 0 Å². The summed E-state index contributed by atoms with van der Waals surface area (Å²) in [5.74, 6) is 2.98. The van der Waals surface area contributed by atoms with Crippen LogP contribution in [0.1, 0.15) is 27.2 Å². The van der Waals surface area contributed by atoms with E-state index in [1.807, 2.05) is 0 Å². The Morgan fingerprint density at radius 1 is 1.40 bits per heavy atom. The van der Waals surface area contributed by atoms with Gasteiger partial charge in [-0.2, -0.15) is 0 Å². The van der Waals surface area contributed by atoms with E-state index in [1.165, 1.54) is 0 Å². The highest BCUT2D eigenvalue weighted by molar-refractivity contribution is 6.74. The van der Waals surface area contributed by atoms with E-state index in [9.17, 15) is 0 Å². The predicted molar refractivity (Wildman–Crippen MR) is 68.2 cm³/mol. The molecule has 0 aromatic heterocycles. The first kappa shape index (κ1) is 12.5. The molecule has 0 aliphatic heterocycles. The Hall–Kier alpha value is -0.523. The first-order valence-electron chi connectivity index (χ1n) is 5.58. The van der Waals surface area contributed by atoms with E-state index < -0.39 is 8.32 Å². The molecule has 0 saturated carbocycles. The third-order valence-corrected chi connectivity index (χ3v) is 8.06. The zero-order valence-corrected chi connectivity index (χ0v) is 11.5. The van der Waals surface area contributed by atoms with E-state index in [0.717, 1.165) is 6.42 Å². The molecule has 0 amide bonds. The van der Waals surface area contributed by atoms with Crippen LogP contribution >= 0.6 is 0 Å². The van der Waals surface area contributed by atoms with Gasteiger partial charge in [-0.15, -0.1) is 6.42 Å². The molecule has 0 spiro atoms. The van der Waals surface area contributed by atoms with Gasteiger partial charge in [0.05, 0.1) is 12.0 Å². The zero-order valence-electron chi connectivity index (χ0n) is 10.5. The van der Waals surface area contributed by atoms with Crippen molar-refractivity contribution in [1.29, 1.82) is 0 Å². The Morgan fingerprint density at radius 2 is 2.00 bits per heavy atom. The fourth-order valence-electron chi connectivity index (χ4n) is 1.47. The summed E-state index contributed by atoms with van der Waals surface area (Å²) in [6.07, 6.45) is 10.9. The topological polar surface area (TPSA) is 9.23 Å². The van der Waals surface area contributed by atoms with E-state index in [0.29, 0.717) is 0 Å². The second-order valence-electron chi connectivity index (χ2n) is 5.77. The molecule has 1 nitrogen and oxygen atoms in total. The van der Waals surface area contributed by atoms with Gasteiger partial charge >= 0.3 is 0 Å². The number of terminal acetylenes is 1. The van der Waals surface area contributed by atoms with E-state index in [4.69, 9.17) is 10.8 Å². The lowest BCUT2D eigenvalue weighted by molar-refractivity contribution is 0.171. The second kappa shape index (κ2) is 4.15. The standard InChI is InChI=1S/C13H22OSi/c1-7-11-9-8-10-12(11)14-15(5,6)13(2,3)4/h1,8-9,11-12H,10H2,2-6H3/t11-,12-/m1/s1. The van der Waals surface area contributed by atoms with Gasteiger partial charge in [0.2, 0.25) is 0 Å². The molecule has 0 heterocycles. The lowest BCUT2D eigenvalue weighted by Crippen LogP contribution is -2.44. The van der Waals surface area contributed by atoms with Crippen molar-refractivity contribution in [2.24, 2.45) is 5.92 Å². The van der Waals surface area contributed by atoms with Gasteiger partial charge < -0.3 is 4.43 Å². The van der Waals surface area contributed by atoms with Crippen molar-refractivity contribution in [3.8, 4) is 12.3 Å². The normalized spacial score (nSPS) is 26.7. The zero-order chi connectivity index (χ0) is 11.7. The van der Waals surface area contributed by atoms with Crippen molar-refractivity contribution in [3.05, 3.63) is 12.2 Å². The Kier molecular flexibility index (Phi) is 3.47. The van der Waals surface area contributed by atoms with Crippen LogP contribution in [0.3, 0.4) is 0 Å². The Bertz CT molecular complexity index is 291. The molecule has 2 heteroatoms. The molecule has 1 aliphatic carbocycles. The minimum Gasteiger partial charge on any atom is -0.412 e. The second-order valence-corrected chi connectivity index (χ2v) is 10.5. The Labute approximate surface area is 95.0 Å². The maximum absolute atomic E-state index is 6.30. The molecule has 0 aromatic carbocycles. The van der Waals surface area contributed by atoms with Crippen LogP contribution in [0.2, 0.25) is 18.1 Å². The Morgan fingerprint density at radius 3 is 2.47 bits per heavy atom. The first-order valence-corrected chi connectivity index (χ1v) is 8.49. The highest BCUT2D eigenvalue weighted by atomic mass is 28.4. The molecule has 15 heavy (non-hydrogen) atoms. The van der Waals surface area contributed by atoms with Crippen LogP contribution in [0, 0.1) is 18.3 Å². The van der Waals surface area contributed by atoms with Crippen molar-refractivity contribution in [1.82, 2.24) is 0 Å². The Balaban J connectivity index is 2.67. The molecule has 1 aliphatic rings. The van der Waals surface area contributed by atoms with E-state index in [-0.39, 0.29) is 17.1 Å². The van der Waals surface area contributed by atoms with Crippen LogP contribution in [0.4, 0.5) is 0 Å². The molecule has 0 bridgehead atoms. The molecular weight excluding hydrogens is 200 g/mol. The van der Waals surface area contributed by atoms with Gasteiger partial charge in [-0.05, 0) is 24.6 Å². The summed E-state index contributed by atoms with van der Waals surface area (Å²) < 4.78 is 6.30. The van der Waals surface area contributed by atoms with Gasteiger partial charge in [-0.25, -0.2) is 0 Å². The average molecular weight is 222 g/mol. The number of hydrogen-bond acceptors (Lipinski definition) is 1. The van der Waals surface area contributed by atoms with Gasteiger partial charge in [-0.1, -0.05) is 38.8 Å². The summed E-state index contributed by atoms with van der Waals surface area (Å²) in [4.78, 5) is 0. The van der Waals surface area contributed by atoms with Crippen LogP contribution in [0.25, 0.3) is 0 Å². The lowest BCUT2D eigenvalue weighted by Gasteiger charge is -2.39. The number of rotatable bonds is 2. The van der Waals surface area contributed by atoms with Crippen LogP contribution in [0.5, 0.6) is 0 Å². The molecule has 0 fully saturated rings. The maximum Gasteiger partial charge on any atom is 0.192 e. The average Bonchev–Trinajstić information content (AvgIpc) is 2.48. The summed E-state index contributed by atoms with van der Waals surface area (Å²) in [7, 11) is -1.66. The molecule has 0 aromatic rings. The van der Waals surface area contributed by atoms with Crippen LogP contribution in [-0.4, -0.2) is 14.4 Å². The van der Waals surface area contributed by atoms with Gasteiger partial charge in [0.25, 0.3) is 0 Å². The van der Waals surface area contributed by atoms with Gasteiger partial charge in [0.15, 0.2) is 8.32 Å². The van der Waals surface area contributed by atoms with Crippen LogP contribution in [0.15, 0.2) is 12.2 Å². The fraction of sp³-hybridized carbons (Fsp3) is 0.692. The molecule has 0 unspecified atom stereocenters. The van der Waals surface area contributed by atoms with Crippen LogP contribution < -0.4 is 0 Å². The highest BCUT2D eigenvalue weighted by Crippen LogP contribution is 2.39. The number of hydrogen-bond donors (Lipinski definition) is 0. The van der Waals surface area contributed by atoms with Gasteiger partial charge in [-0.3, -0.25) is 0 Å². The van der Waals surface area contributed by atoms with Crippen molar-refractivity contribution in [2.75, 3.05) is 0 Å². The summed E-state index contributed by atoms with van der Waals surface area (Å²) in [6.45, 7) is 11.3. The highest BCUT2D eigenvalue weighted by Gasteiger charge is 2.40. The monoisotopic (exact) mass is 222 g/mol. The van der Waals surface area contributed by atoms with Gasteiger partial charge in [0.1, 0.15) is 0 Å². The molecule has 2 atom stereocenters. The minimum atomic E-state index is -1.66. The molecular formula is C13H22OSi. The largest absolute Gasteiger partial charge is 0.412 e. The predicted octanol–water partition coefficient (Wildman–Crippen LogP) is 3.59. The quantitative estimate of drug-likeness (QED) is 0.394. The van der Waals surface area contributed by atoms with Crippen molar-refractivity contribution < 1.29 is 4.43 Å². The van der Waals surface area contributed by atoms with Crippen molar-refractivity contribution in [2.45, 2.75) is 51.4 Å². The van der Waals surface area contributed by atoms with Gasteiger partial charge in [0, 0.05) is 0 Å². The fourth-order valence-corrected chi connectivity index (χ4v) is 2.82. The molecule has 0 radical (unpaired) electrons. The molecule has 0 saturated heterocycles. The first-order chi connectivity index (χ1) is 6.78. The van der Waals surface area contributed by atoms with Crippen LogP contribution in [-0.2, 0) is 4.43 Å². The molecule has 0 N–H and O–H groups in total. The third-order valence-electron chi connectivity index (χ3n) is 3.56.